The Balaban J connectivity index is 1.91. The molecule has 0 saturated carbocycles. The Morgan fingerprint density at radius 3 is 2.53 bits per heavy atom. The van der Waals surface area contributed by atoms with E-state index in [1.807, 2.05) is 30.0 Å². The molecule has 0 spiro atoms. The van der Waals surface area contributed by atoms with Crippen molar-refractivity contribution in [2.24, 2.45) is 5.73 Å². The van der Waals surface area contributed by atoms with E-state index in [4.69, 9.17) is 10.5 Å². The molecule has 1 aromatic carbocycles. The van der Waals surface area contributed by atoms with E-state index in [0.29, 0.717) is 10.5 Å². The second-order valence-corrected chi connectivity index (χ2v) is 5.62. The maximum Gasteiger partial charge on any atom is 0.0608 e. The van der Waals surface area contributed by atoms with Gasteiger partial charge in [-0.2, -0.15) is 0 Å². The van der Waals surface area contributed by atoms with E-state index >= 15 is 0 Å². The topological polar surface area (TPSA) is 35.2 Å². The number of ether oxygens (including phenoxy) is 1. The number of hydrogen-bond acceptors (Lipinski definition) is 3. The SMILES string of the molecule is CC(SC1COC1)C(N)c1ccccc1. The van der Waals surface area contributed by atoms with Gasteiger partial charge >= 0.3 is 0 Å². The number of nitrogens with two attached hydrogens (primary N) is 1. The lowest BCUT2D eigenvalue weighted by Gasteiger charge is -2.30. The Morgan fingerprint density at radius 2 is 2.00 bits per heavy atom. The molecule has 0 amide bonds. The molecular weight excluding hydrogens is 206 g/mol. The van der Waals surface area contributed by atoms with E-state index in [1.165, 1.54) is 5.56 Å². The summed E-state index contributed by atoms with van der Waals surface area (Å²) in [5, 5.41) is 1.09. The van der Waals surface area contributed by atoms with E-state index < -0.39 is 0 Å². The zero-order chi connectivity index (χ0) is 10.7. The smallest absolute Gasteiger partial charge is 0.0608 e. The lowest BCUT2D eigenvalue weighted by Crippen LogP contribution is -2.34. The summed E-state index contributed by atoms with van der Waals surface area (Å²) in [7, 11) is 0. The molecule has 0 bridgehead atoms. The van der Waals surface area contributed by atoms with Gasteiger partial charge in [0.15, 0.2) is 0 Å². The largest absolute Gasteiger partial charge is 0.379 e. The van der Waals surface area contributed by atoms with Crippen molar-refractivity contribution in [1.82, 2.24) is 0 Å². The molecule has 2 atom stereocenters. The zero-order valence-electron chi connectivity index (χ0n) is 8.93. The van der Waals surface area contributed by atoms with Crippen LogP contribution in [-0.4, -0.2) is 23.7 Å². The molecule has 2 rings (SSSR count). The second-order valence-electron chi connectivity index (χ2n) is 3.94. The van der Waals surface area contributed by atoms with Gasteiger partial charge in [0, 0.05) is 11.3 Å². The molecule has 1 saturated heterocycles. The van der Waals surface area contributed by atoms with Crippen molar-refractivity contribution in [1.29, 1.82) is 0 Å². The minimum absolute atomic E-state index is 0.122. The van der Waals surface area contributed by atoms with Crippen molar-refractivity contribution in [3.8, 4) is 0 Å². The molecule has 2 N–H and O–H groups in total. The van der Waals surface area contributed by atoms with E-state index in [-0.39, 0.29) is 6.04 Å². The summed E-state index contributed by atoms with van der Waals surface area (Å²) in [6.07, 6.45) is 0. The standard InChI is InChI=1S/C12H17NOS/c1-9(15-11-7-14-8-11)12(13)10-5-3-2-4-6-10/h2-6,9,11-12H,7-8,13H2,1H3. The van der Waals surface area contributed by atoms with Crippen LogP contribution >= 0.6 is 11.8 Å². The van der Waals surface area contributed by atoms with Gasteiger partial charge in [0.05, 0.1) is 18.5 Å². The summed E-state index contributed by atoms with van der Waals surface area (Å²) < 4.78 is 5.16. The number of rotatable bonds is 4. The Bertz CT molecular complexity index is 300. The first-order chi connectivity index (χ1) is 7.27. The molecule has 2 unspecified atom stereocenters. The fourth-order valence-corrected chi connectivity index (χ4v) is 2.91. The van der Waals surface area contributed by atoms with Crippen LogP contribution in [0.1, 0.15) is 18.5 Å². The lowest BCUT2D eigenvalue weighted by molar-refractivity contribution is 0.0453. The molecular formula is C12H17NOS. The van der Waals surface area contributed by atoms with E-state index in [1.54, 1.807) is 0 Å². The Morgan fingerprint density at radius 1 is 1.33 bits per heavy atom. The first kappa shape index (κ1) is 11.0. The highest BCUT2D eigenvalue weighted by Gasteiger charge is 2.24. The summed E-state index contributed by atoms with van der Waals surface area (Å²) in [6.45, 7) is 3.97. The molecule has 0 aromatic heterocycles. The minimum atomic E-state index is 0.122. The number of hydrogen-bond donors (Lipinski definition) is 1. The third-order valence-electron chi connectivity index (χ3n) is 2.70. The van der Waals surface area contributed by atoms with Crippen LogP contribution in [0, 0.1) is 0 Å². The van der Waals surface area contributed by atoms with Crippen LogP contribution in [0.2, 0.25) is 0 Å². The van der Waals surface area contributed by atoms with Crippen LogP contribution in [0.4, 0.5) is 0 Å². The number of benzene rings is 1. The van der Waals surface area contributed by atoms with E-state index in [0.717, 1.165) is 13.2 Å². The molecule has 0 aliphatic carbocycles. The van der Waals surface area contributed by atoms with Crippen molar-refractivity contribution in [3.63, 3.8) is 0 Å². The van der Waals surface area contributed by atoms with Gasteiger partial charge in [-0.25, -0.2) is 0 Å². The van der Waals surface area contributed by atoms with Crippen LogP contribution < -0.4 is 5.73 Å². The third-order valence-corrected chi connectivity index (χ3v) is 4.08. The summed E-state index contributed by atoms with van der Waals surface area (Å²) in [5.74, 6) is 0. The molecule has 0 radical (unpaired) electrons. The van der Waals surface area contributed by atoms with Gasteiger partial charge in [-0.3, -0.25) is 0 Å². The maximum absolute atomic E-state index is 6.20. The highest BCUT2D eigenvalue weighted by molar-refractivity contribution is 8.00. The highest BCUT2D eigenvalue weighted by Crippen LogP contribution is 2.30. The van der Waals surface area contributed by atoms with Gasteiger partial charge in [0.2, 0.25) is 0 Å². The van der Waals surface area contributed by atoms with Crippen LogP contribution in [-0.2, 0) is 4.74 Å². The highest BCUT2D eigenvalue weighted by atomic mass is 32.2. The van der Waals surface area contributed by atoms with Gasteiger partial charge in [0.1, 0.15) is 0 Å². The molecule has 1 aromatic rings. The summed E-state index contributed by atoms with van der Waals surface area (Å²) >= 11 is 1.94. The van der Waals surface area contributed by atoms with Crippen LogP contribution in [0.3, 0.4) is 0 Å². The van der Waals surface area contributed by atoms with Gasteiger partial charge in [-0.1, -0.05) is 37.3 Å². The van der Waals surface area contributed by atoms with Gasteiger partial charge in [0.25, 0.3) is 0 Å². The van der Waals surface area contributed by atoms with Crippen molar-refractivity contribution < 1.29 is 4.74 Å². The molecule has 1 fully saturated rings. The Kier molecular flexibility index (Phi) is 3.67. The quantitative estimate of drug-likeness (QED) is 0.850. The van der Waals surface area contributed by atoms with Crippen molar-refractivity contribution in [2.75, 3.05) is 13.2 Å². The molecule has 1 aliphatic rings. The van der Waals surface area contributed by atoms with E-state index in [9.17, 15) is 0 Å². The molecule has 1 aliphatic heterocycles. The normalized spacial score (nSPS) is 20.7. The van der Waals surface area contributed by atoms with E-state index in [2.05, 4.69) is 19.1 Å². The van der Waals surface area contributed by atoms with Crippen molar-refractivity contribution in [3.05, 3.63) is 35.9 Å². The lowest BCUT2D eigenvalue weighted by atomic mass is 10.1. The molecule has 1 heterocycles. The molecule has 15 heavy (non-hydrogen) atoms. The summed E-state index contributed by atoms with van der Waals surface area (Å²) in [5.41, 5.74) is 7.42. The zero-order valence-corrected chi connectivity index (χ0v) is 9.74. The van der Waals surface area contributed by atoms with Gasteiger partial charge in [-0.05, 0) is 5.56 Å². The Labute approximate surface area is 95.2 Å². The minimum Gasteiger partial charge on any atom is -0.379 e. The van der Waals surface area contributed by atoms with Crippen LogP contribution in [0.25, 0.3) is 0 Å². The number of thioether (sulfide) groups is 1. The summed E-state index contributed by atoms with van der Waals surface area (Å²) in [4.78, 5) is 0. The van der Waals surface area contributed by atoms with Gasteiger partial charge in [-0.15, -0.1) is 11.8 Å². The Hall–Kier alpha value is -0.510. The van der Waals surface area contributed by atoms with Crippen LogP contribution in [0.15, 0.2) is 30.3 Å². The van der Waals surface area contributed by atoms with Crippen LogP contribution in [0.5, 0.6) is 0 Å². The second kappa shape index (κ2) is 5.01. The third kappa shape index (κ3) is 2.74. The monoisotopic (exact) mass is 223 g/mol. The average Bonchev–Trinajstić information content (AvgIpc) is 2.23. The fourth-order valence-electron chi connectivity index (χ4n) is 1.63. The average molecular weight is 223 g/mol. The first-order valence-electron chi connectivity index (χ1n) is 5.31. The predicted octanol–water partition coefficient (Wildman–Crippen LogP) is 2.21. The van der Waals surface area contributed by atoms with Crippen molar-refractivity contribution >= 4 is 11.8 Å². The first-order valence-corrected chi connectivity index (χ1v) is 6.25. The molecule has 82 valence electrons. The predicted molar refractivity (Wildman–Crippen MR) is 65.0 cm³/mol. The fraction of sp³-hybridized carbons (Fsp3) is 0.500. The summed E-state index contributed by atoms with van der Waals surface area (Å²) in [6, 6.07) is 10.4. The van der Waals surface area contributed by atoms with Crippen molar-refractivity contribution in [2.45, 2.75) is 23.5 Å². The maximum atomic E-state index is 6.20. The molecule has 3 heteroatoms. The van der Waals surface area contributed by atoms with Gasteiger partial charge < -0.3 is 10.5 Å². The molecule has 2 nitrogen and oxygen atoms in total.